The van der Waals surface area contributed by atoms with Gasteiger partial charge in [-0.15, -0.1) is 0 Å². The van der Waals surface area contributed by atoms with Gasteiger partial charge in [-0.3, -0.25) is 9.11 Å². The summed E-state index contributed by atoms with van der Waals surface area (Å²) in [5.41, 5.74) is -0.302. The van der Waals surface area contributed by atoms with Crippen LogP contribution in [0.1, 0.15) is 0 Å². The van der Waals surface area contributed by atoms with Gasteiger partial charge in [0, 0.05) is 0 Å². The van der Waals surface area contributed by atoms with E-state index in [0.29, 0.717) is 12.1 Å². The second-order valence-electron chi connectivity index (χ2n) is 6.30. The number of hydrogen-bond donors (Lipinski definition) is 4. The summed E-state index contributed by atoms with van der Waals surface area (Å²) >= 11 is 0. The fourth-order valence-corrected chi connectivity index (χ4v) is 5.22. The van der Waals surface area contributed by atoms with Crippen molar-refractivity contribution in [1.82, 2.24) is 19.9 Å². The molecule has 2 aromatic heterocycles. The van der Waals surface area contributed by atoms with Crippen LogP contribution < -0.4 is 59.1 Å². The Balaban J connectivity index is 0.000000341. The Morgan fingerprint density at radius 3 is 1.17 bits per heavy atom. The quantitative estimate of drug-likeness (QED) is 0.125. The first-order chi connectivity index (χ1) is 15.4. The second-order valence-corrected chi connectivity index (χ2v) is 11.8. The normalized spacial score (nSPS) is 12.3. The molecular formula is C14H10N4Na2O12S4. The number of H-pyrrole nitrogens is 2. The van der Waals surface area contributed by atoms with Gasteiger partial charge in [-0.05, 0) is 24.3 Å². The summed E-state index contributed by atoms with van der Waals surface area (Å²) in [7, 11) is -19.0. The van der Waals surface area contributed by atoms with E-state index in [1.54, 1.807) is 0 Å². The van der Waals surface area contributed by atoms with Gasteiger partial charge in [-0.2, -0.15) is 16.8 Å². The van der Waals surface area contributed by atoms with Crippen molar-refractivity contribution in [3.63, 3.8) is 0 Å². The summed E-state index contributed by atoms with van der Waals surface area (Å²) < 4.78 is 127. The van der Waals surface area contributed by atoms with E-state index in [-0.39, 0.29) is 81.2 Å². The van der Waals surface area contributed by atoms with Crippen LogP contribution in [0.2, 0.25) is 0 Å². The fraction of sp³-hybridized carbons (Fsp3) is 0. The van der Waals surface area contributed by atoms with Crippen LogP contribution in [0.4, 0.5) is 0 Å². The van der Waals surface area contributed by atoms with Crippen molar-refractivity contribution in [1.29, 1.82) is 0 Å². The molecule has 2 aromatic carbocycles. The molecule has 0 unspecified atom stereocenters. The van der Waals surface area contributed by atoms with E-state index in [9.17, 15) is 42.8 Å². The summed E-state index contributed by atoms with van der Waals surface area (Å²) in [6.07, 6.45) is 2.21. The molecule has 4 N–H and O–H groups in total. The molecule has 0 saturated heterocycles. The molecule has 184 valence electrons. The van der Waals surface area contributed by atoms with Gasteiger partial charge in [0.1, 0.15) is 31.3 Å². The Morgan fingerprint density at radius 1 is 0.611 bits per heavy atom. The van der Waals surface area contributed by atoms with Crippen LogP contribution in [0.25, 0.3) is 22.1 Å². The van der Waals surface area contributed by atoms with Gasteiger partial charge in [0.15, 0.2) is 0 Å². The molecule has 0 bridgehead atoms. The van der Waals surface area contributed by atoms with Crippen LogP contribution in [0.15, 0.2) is 56.5 Å². The molecule has 16 nitrogen and oxygen atoms in total. The van der Waals surface area contributed by atoms with E-state index in [0.717, 1.165) is 24.8 Å². The zero-order valence-corrected chi connectivity index (χ0v) is 25.2. The Kier molecular flexibility index (Phi) is 10.5. The second kappa shape index (κ2) is 11.4. The molecule has 0 saturated carbocycles. The minimum atomic E-state index is -4.89. The number of nitrogens with zero attached hydrogens (tertiary/aromatic N) is 2. The van der Waals surface area contributed by atoms with Crippen molar-refractivity contribution in [3.8, 4) is 0 Å². The topological polar surface area (TPSA) is 280 Å². The molecule has 22 heteroatoms. The van der Waals surface area contributed by atoms with E-state index in [1.165, 1.54) is 0 Å². The van der Waals surface area contributed by atoms with Crippen molar-refractivity contribution in [2.75, 3.05) is 0 Å². The van der Waals surface area contributed by atoms with Crippen LogP contribution >= 0.6 is 0 Å². The number of rotatable bonds is 4. The van der Waals surface area contributed by atoms with Gasteiger partial charge >= 0.3 is 59.1 Å². The SMILES string of the molecule is O=S(=O)([O-])c1cc(S(=O)(=O)O)cc2[nH]cnc12.O=S(=O)([O-])c1cc(S(=O)(=O)O)cc2[nH]cnc12.[Na+].[Na+]. The van der Waals surface area contributed by atoms with Gasteiger partial charge in [0.2, 0.25) is 0 Å². The average molecular weight is 600 g/mol. The predicted molar refractivity (Wildman–Crippen MR) is 108 cm³/mol. The third kappa shape index (κ3) is 7.54. The Bertz CT molecular complexity index is 1730. The minimum Gasteiger partial charge on any atom is -0.744 e. The maximum Gasteiger partial charge on any atom is 1.00 e. The largest absolute Gasteiger partial charge is 1.00 e. The Labute approximate surface area is 247 Å². The fourth-order valence-electron chi connectivity index (χ4n) is 2.66. The molecule has 0 fully saturated rings. The number of aromatic nitrogens is 4. The third-order valence-corrected chi connectivity index (χ3v) is 7.42. The van der Waals surface area contributed by atoms with Crippen LogP contribution in [0.5, 0.6) is 0 Å². The van der Waals surface area contributed by atoms with Gasteiger partial charge < -0.3 is 19.1 Å². The third-order valence-electron chi connectivity index (χ3n) is 4.06. The standard InChI is InChI=1S/2C7H6N2O6S2.2Na/c2*10-16(11,12)4-1-5-7(9-3-8-5)6(2-4)17(13,14)15;;/h2*1-3H,(H,8,9)(H,10,11,12)(H,13,14,15);;/q;;2*+1/p-2. The molecule has 0 spiro atoms. The van der Waals surface area contributed by atoms with Crippen LogP contribution in [0.3, 0.4) is 0 Å². The van der Waals surface area contributed by atoms with Gasteiger partial charge in [0.05, 0.1) is 43.3 Å². The maximum atomic E-state index is 10.9. The Morgan fingerprint density at radius 2 is 0.917 bits per heavy atom. The summed E-state index contributed by atoms with van der Waals surface area (Å²) in [6, 6.07) is 3.10. The number of imidazole rings is 2. The predicted octanol–water partition coefficient (Wildman–Crippen LogP) is -6.56. The van der Waals surface area contributed by atoms with E-state index in [1.807, 2.05) is 0 Å². The zero-order valence-electron chi connectivity index (χ0n) is 18.0. The molecule has 0 atom stereocenters. The summed E-state index contributed by atoms with van der Waals surface area (Å²) in [4.78, 5) is 9.12. The molecule has 4 aromatic rings. The number of fused-ring (bicyclic) bond motifs is 2. The summed E-state index contributed by atoms with van der Waals surface area (Å²) in [6.45, 7) is 0. The number of aromatic amines is 2. The Hall–Kier alpha value is -0.980. The van der Waals surface area contributed by atoms with Gasteiger partial charge in [0.25, 0.3) is 20.2 Å². The van der Waals surface area contributed by atoms with Crippen molar-refractivity contribution >= 4 is 62.5 Å². The first-order valence-electron chi connectivity index (χ1n) is 8.20. The zero-order chi connectivity index (χ0) is 25.7. The van der Waals surface area contributed by atoms with E-state index in [2.05, 4.69) is 19.9 Å². The molecule has 2 heterocycles. The smallest absolute Gasteiger partial charge is 0.744 e. The molecule has 0 aliphatic carbocycles. The average Bonchev–Trinajstić information content (AvgIpc) is 3.32. The monoisotopic (exact) mass is 600 g/mol. The van der Waals surface area contributed by atoms with Crippen molar-refractivity contribution in [3.05, 3.63) is 36.9 Å². The number of hydrogen-bond acceptors (Lipinski definition) is 12. The van der Waals surface area contributed by atoms with Crippen LogP contribution in [-0.2, 0) is 40.5 Å². The maximum absolute atomic E-state index is 10.9. The molecule has 0 amide bonds. The summed E-state index contributed by atoms with van der Waals surface area (Å²) in [5.74, 6) is 0. The molecule has 4 rings (SSSR count). The molecule has 36 heavy (non-hydrogen) atoms. The summed E-state index contributed by atoms with van der Waals surface area (Å²) in [5, 5.41) is 0. The van der Waals surface area contributed by atoms with E-state index in [4.69, 9.17) is 9.11 Å². The van der Waals surface area contributed by atoms with Crippen molar-refractivity contribution < 1.29 is 111 Å². The first-order valence-corrected chi connectivity index (χ1v) is 13.9. The van der Waals surface area contributed by atoms with E-state index >= 15 is 0 Å². The molecule has 0 aliphatic rings. The number of nitrogens with one attached hydrogen (secondary N) is 2. The van der Waals surface area contributed by atoms with Crippen LogP contribution in [-0.4, -0.2) is 71.8 Å². The van der Waals surface area contributed by atoms with Crippen molar-refractivity contribution in [2.24, 2.45) is 0 Å². The molecule has 0 radical (unpaired) electrons. The van der Waals surface area contributed by atoms with Crippen LogP contribution in [0, 0.1) is 0 Å². The van der Waals surface area contributed by atoms with Gasteiger partial charge in [-0.25, -0.2) is 26.8 Å². The van der Waals surface area contributed by atoms with Crippen molar-refractivity contribution in [2.45, 2.75) is 19.6 Å². The number of benzene rings is 2. The van der Waals surface area contributed by atoms with Gasteiger partial charge in [-0.1, -0.05) is 0 Å². The molecular weight excluding hydrogens is 590 g/mol. The minimum absolute atomic E-state index is 0. The first kappa shape index (κ1) is 33.0. The van der Waals surface area contributed by atoms with E-state index < -0.39 is 60.1 Å². The molecule has 0 aliphatic heterocycles.